The maximum absolute atomic E-state index is 5.67. The summed E-state index contributed by atoms with van der Waals surface area (Å²) in [6.45, 7) is 5.89. The first-order valence-electron chi connectivity index (χ1n) is 3.70. The van der Waals surface area contributed by atoms with Crippen LogP contribution in [-0.4, -0.2) is 0 Å². The summed E-state index contributed by atoms with van der Waals surface area (Å²) in [5.41, 5.74) is 8.62. The molecule has 0 saturated carbocycles. The van der Waals surface area contributed by atoms with E-state index in [4.69, 9.17) is 5.73 Å². The van der Waals surface area contributed by atoms with E-state index in [1.54, 1.807) is 0 Å². The summed E-state index contributed by atoms with van der Waals surface area (Å²) in [5, 5.41) is 0. The zero-order chi connectivity index (χ0) is 8.27. The van der Waals surface area contributed by atoms with Gasteiger partial charge in [-0.25, -0.2) is 0 Å². The molecule has 0 bridgehead atoms. The quantitative estimate of drug-likeness (QED) is 0.559. The minimum absolute atomic E-state index is 0.782. The Kier molecular flexibility index (Phi) is 2.32. The normalized spacial score (nSPS) is 30.8. The van der Waals surface area contributed by atoms with Crippen LogP contribution in [0.5, 0.6) is 0 Å². The van der Waals surface area contributed by atoms with E-state index in [2.05, 4.69) is 19.6 Å². The molecule has 0 aromatic rings. The van der Waals surface area contributed by atoms with Crippen molar-refractivity contribution in [3.05, 3.63) is 47.7 Å². The monoisotopic (exact) mass is 147 g/mol. The Labute approximate surface area is 67.6 Å². The zero-order valence-electron chi connectivity index (χ0n) is 6.80. The molecule has 0 atom stereocenters. The molecule has 1 aliphatic carbocycles. The summed E-state index contributed by atoms with van der Waals surface area (Å²) in [7, 11) is 0. The van der Waals surface area contributed by atoms with Crippen LogP contribution in [0.1, 0.15) is 13.3 Å². The lowest BCUT2D eigenvalue weighted by molar-refractivity contribution is 1.23. The van der Waals surface area contributed by atoms with Crippen LogP contribution in [0.25, 0.3) is 0 Å². The Morgan fingerprint density at radius 1 is 1.36 bits per heavy atom. The van der Waals surface area contributed by atoms with E-state index >= 15 is 0 Å². The summed E-state index contributed by atoms with van der Waals surface area (Å²) in [6, 6.07) is 0. The third-order valence-corrected chi connectivity index (χ3v) is 1.70. The Bertz CT molecular complexity index is 254. The van der Waals surface area contributed by atoms with Crippen LogP contribution < -0.4 is 5.73 Å². The Hall–Kier alpha value is -1.24. The summed E-state index contributed by atoms with van der Waals surface area (Å²) >= 11 is 0. The fourth-order valence-electron chi connectivity index (χ4n) is 0.899. The molecule has 58 valence electrons. The second kappa shape index (κ2) is 3.24. The SMILES string of the molecule is C=C1/C=C\C(C)=C/C/C=C\1N. The van der Waals surface area contributed by atoms with Crippen LogP contribution in [-0.2, 0) is 0 Å². The fraction of sp³-hybridized carbons (Fsp3) is 0.200. The maximum Gasteiger partial charge on any atom is 0.0344 e. The lowest BCUT2D eigenvalue weighted by Crippen LogP contribution is -1.98. The van der Waals surface area contributed by atoms with Crippen molar-refractivity contribution in [2.24, 2.45) is 5.73 Å². The minimum atomic E-state index is 0.782. The second-order valence-corrected chi connectivity index (χ2v) is 2.70. The predicted octanol–water partition coefficient (Wildman–Crippen LogP) is 2.29. The first kappa shape index (κ1) is 7.86. The maximum atomic E-state index is 5.67. The molecule has 11 heavy (non-hydrogen) atoms. The van der Waals surface area contributed by atoms with Gasteiger partial charge in [0.05, 0.1) is 0 Å². The number of rotatable bonds is 0. The van der Waals surface area contributed by atoms with E-state index in [0.29, 0.717) is 0 Å². The molecule has 0 saturated heterocycles. The van der Waals surface area contributed by atoms with E-state index in [9.17, 15) is 0 Å². The van der Waals surface area contributed by atoms with Crippen molar-refractivity contribution < 1.29 is 0 Å². The smallest absolute Gasteiger partial charge is 0.0344 e. The molecule has 0 aromatic heterocycles. The highest BCUT2D eigenvalue weighted by molar-refractivity contribution is 5.39. The molecule has 0 spiro atoms. The number of hydrogen-bond acceptors (Lipinski definition) is 1. The average Bonchev–Trinajstić information content (AvgIpc) is 1.98. The molecule has 0 aromatic carbocycles. The van der Waals surface area contributed by atoms with Crippen molar-refractivity contribution in [1.29, 1.82) is 0 Å². The van der Waals surface area contributed by atoms with Gasteiger partial charge in [-0.05, 0) is 18.9 Å². The molecule has 0 aliphatic heterocycles. The molecular weight excluding hydrogens is 134 g/mol. The minimum Gasteiger partial charge on any atom is -0.399 e. The average molecular weight is 147 g/mol. The molecule has 2 N–H and O–H groups in total. The van der Waals surface area contributed by atoms with Crippen molar-refractivity contribution in [1.82, 2.24) is 0 Å². The molecule has 1 aliphatic rings. The van der Waals surface area contributed by atoms with Crippen LogP contribution in [0.2, 0.25) is 0 Å². The van der Waals surface area contributed by atoms with Crippen molar-refractivity contribution in [2.45, 2.75) is 13.3 Å². The predicted molar refractivity (Wildman–Crippen MR) is 48.9 cm³/mol. The van der Waals surface area contributed by atoms with E-state index in [0.717, 1.165) is 17.7 Å². The summed E-state index contributed by atoms with van der Waals surface area (Å²) in [4.78, 5) is 0. The topological polar surface area (TPSA) is 26.0 Å². The molecule has 0 heterocycles. The summed E-state index contributed by atoms with van der Waals surface area (Å²) < 4.78 is 0. The molecule has 0 fully saturated rings. The summed E-state index contributed by atoms with van der Waals surface area (Å²) in [5.74, 6) is 0. The van der Waals surface area contributed by atoms with Crippen LogP contribution >= 0.6 is 0 Å². The zero-order valence-corrected chi connectivity index (χ0v) is 6.80. The Balaban J connectivity index is 2.91. The molecule has 0 unspecified atom stereocenters. The largest absolute Gasteiger partial charge is 0.399 e. The van der Waals surface area contributed by atoms with Crippen molar-refractivity contribution in [3.8, 4) is 0 Å². The standard InChI is InChI=1S/C10H13N/c1-8-4-3-5-10(11)9(2)7-6-8/h4-7H,2-3,11H2,1H3/b7-6-,8-4-,10-5+. The van der Waals surface area contributed by atoms with Gasteiger partial charge in [0.15, 0.2) is 0 Å². The highest BCUT2D eigenvalue weighted by Crippen LogP contribution is 2.10. The van der Waals surface area contributed by atoms with Crippen molar-refractivity contribution in [2.75, 3.05) is 0 Å². The third kappa shape index (κ3) is 2.11. The van der Waals surface area contributed by atoms with Gasteiger partial charge in [0, 0.05) is 5.70 Å². The van der Waals surface area contributed by atoms with E-state index < -0.39 is 0 Å². The molecule has 1 rings (SSSR count). The molecule has 0 amide bonds. The van der Waals surface area contributed by atoms with Gasteiger partial charge in [0.1, 0.15) is 0 Å². The van der Waals surface area contributed by atoms with E-state index in [1.807, 2.05) is 18.2 Å². The van der Waals surface area contributed by atoms with Gasteiger partial charge in [-0.3, -0.25) is 0 Å². The van der Waals surface area contributed by atoms with Crippen LogP contribution in [0.15, 0.2) is 47.7 Å². The third-order valence-electron chi connectivity index (χ3n) is 1.70. The van der Waals surface area contributed by atoms with Gasteiger partial charge < -0.3 is 5.73 Å². The first-order valence-corrected chi connectivity index (χ1v) is 3.70. The second-order valence-electron chi connectivity index (χ2n) is 2.70. The lowest BCUT2D eigenvalue weighted by atomic mass is 10.1. The molecule has 1 nitrogen and oxygen atoms in total. The highest BCUT2D eigenvalue weighted by atomic mass is 14.6. The van der Waals surface area contributed by atoms with Crippen LogP contribution in [0.4, 0.5) is 0 Å². The molecule has 1 heteroatoms. The van der Waals surface area contributed by atoms with Gasteiger partial charge in [-0.1, -0.05) is 36.5 Å². The molecule has 0 radical (unpaired) electrons. The number of allylic oxidation sites excluding steroid dienone is 5. The first-order chi connectivity index (χ1) is 5.20. The van der Waals surface area contributed by atoms with Crippen molar-refractivity contribution >= 4 is 0 Å². The Morgan fingerprint density at radius 3 is 2.82 bits per heavy atom. The number of hydrogen-bond donors (Lipinski definition) is 1. The lowest BCUT2D eigenvalue weighted by Gasteiger charge is -2.02. The highest BCUT2D eigenvalue weighted by Gasteiger charge is 1.94. The fourth-order valence-corrected chi connectivity index (χ4v) is 0.899. The van der Waals surface area contributed by atoms with Gasteiger partial charge in [0.2, 0.25) is 0 Å². The Morgan fingerprint density at radius 2 is 2.09 bits per heavy atom. The van der Waals surface area contributed by atoms with Crippen LogP contribution in [0, 0.1) is 0 Å². The van der Waals surface area contributed by atoms with E-state index in [1.165, 1.54) is 5.57 Å². The summed E-state index contributed by atoms with van der Waals surface area (Å²) in [6.07, 6.45) is 8.99. The van der Waals surface area contributed by atoms with E-state index in [-0.39, 0.29) is 0 Å². The van der Waals surface area contributed by atoms with Gasteiger partial charge in [0.25, 0.3) is 0 Å². The van der Waals surface area contributed by atoms with Gasteiger partial charge >= 0.3 is 0 Å². The molecular formula is C10H13N. The van der Waals surface area contributed by atoms with Crippen molar-refractivity contribution in [3.63, 3.8) is 0 Å². The van der Waals surface area contributed by atoms with Gasteiger partial charge in [-0.15, -0.1) is 0 Å². The van der Waals surface area contributed by atoms with Crippen LogP contribution in [0.3, 0.4) is 0 Å². The van der Waals surface area contributed by atoms with Gasteiger partial charge in [-0.2, -0.15) is 0 Å². The number of nitrogens with two attached hydrogens (primary N) is 1.